The standard InChI is InChI=1S/C19H19NO3S/c1-23-18-10-9-14(11-16(18)12-20)13-24(21,22)19-8-4-6-15-5-2-3-7-17(15)19/h2-3,5,7,9-11,19H,4,6,8,13H2,1H3/t19-/m0/s1. The van der Waals surface area contributed by atoms with Gasteiger partial charge in [-0.2, -0.15) is 5.26 Å². The van der Waals surface area contributed by atoms with Crippen LogP contribution < -0.4 is 4.74 Å². The second kappa shape index (κ2) is 6.66. The summed E-state index contributed by atoms with van der Waals surface area (Å²) < 4.78 is 31.0. The zero-order valence-electron chi connectivity index (χ0n) is 13.5. The monoisotopic (exact) mass is 341 g/mol. The molecule has 24 heavy (non-hydrogen) atoms. The van der Waals surface area contributed by atoms with Gasteiger partial charge in [-0.05, 0) is 48.1 Å². The number of methoxy groups -OCH3 is 1. The summed E-state index contributed by atoms with van der Waals surface area (Å²) >= 11 is 0. The maximum Gasteiger partial charge on any atom is 0.161 e. The van der Waals surface area contributed by atoms with Crippen molar-refractivity contribution >= 4 is 9.84 Å². The quantitative estimate of drug-likeness (QED) is 0.853. The fourth-order valence-electron chi connectivity index (χ4n) is 3.35. The fraction of sp³-hybridized carbons (Fsp3) is 0.316. The van der Waals surface area contributed by atoms with Crippen molar-refractivity contribution in [1.29, 1.82) is 5.26 Å². The highest BCUT2D eigenvalue weighted by Gasteiger charge is 2.31. The van der Waals surface area contributed by atoms with Gasteiger partial charge in [0.05, 0.1) is 23.7 Å². The van der Waals surface area contributed by atoms with E-state index in [0.717, 1.165) is 24.0 Å². The molecule has 0 saturated carbocycles. The van der Waals surface area contributed by atoms with E-state index in [-0.39, 0.29) is 5.75 Å². The van der Waals surface area contributed by atoms with E-state index in [0.29, 0.717) is 23.3 Å². The van der Waals surface area contributed by atoms with E-state index in [2.05, 4.69) is 0 Å². The average molecular weight is 341 g/mol. The summed E-state index contributed by atoms with van der Waals surface area (Å²) in [6.07, 6.45) is 2.47. The fourth-order valence-corrected chi connectivity index (χ4v) is 5.34. The average Bonchev–Trinajstić information content (AvgIpc) is 2.60. The predicted octanol–water partition coefficient (Wildman–Crippen LogP) is 3.56. The van der Waals surface area contributed by atoms with Crippen molar-refractivity contribution in [2.75, 3.05) is 7.11 Å². The molecule has 0 spiro atoms. The van der Waals surface area contributed by atoms with Gasteiger partial charge in [-0.3, -0.25) is 0 Å². The van der Waals surface area contributed by atoms with Crippen LogP contribution in [-0.4, -0.2) is 15.5 Å². The zero-order chi connectivity index (χ0) is 17.2. The van der Waals surface area contributed by atoms with Gasteiger partial charge in [0.1, 0.15) is 11.8 Å². The molecule has 0 saturated heterocycles. The second-order valence-electron chi connectivity index (χ2n) is 6.03. The van der Waals surface area contributed by atoms with Crippen LogP contribution >= 0.6 is 0 Å². The van der Waals surface area contributed by atoms with Gasteiger partial charge in [-0.25, -0.2) is 8.42 Å². The van der Waals surface area contributed by atoms with Crippen LogP contribution in [0.3, 0.4) is 0 Å². The smallest absolute Gasteiger partial charge is 0.161 e. The Labute approximate surface area is 142 Å². The number of ether oxygens (including phenoxy) is 1. The molecular weight excluding hydrogens is 322 g/mol. The Morgan fingerprint density at radius 1 is 1.25 bits per heavy atom. The number of hydrogen-bond acceptors (Lipinski definition) is 4. The lowest BCUT2D eigenvalue weighted by atomic mass is 9.91. The molecule has 0 aliphatic heterocycles. The molecule has 0 fully saturated rings. The Bertz CT molecular complexity index is 897. The van der Waals surface area contributed by atoms with Gasteiger partial charge in [0, 0.05) is 0 Å². The first kappa shape index (κ1) is 16.5. The molecule has 0 unspecified atom stereocenters. The van der Waals surface area contributed by atoms with E-state index in [1.165, 1.54) is 7.11 Å². The highest BCUT2D eigenvalue weighted by atomic mass is 32.2. The molecule has 4 nitrogen and oxygen atoms in total. The highest BCUT2D eigenvalue weighted by Crippen LogP contribution is 2.37. The van der Waals surface area contributed by atoms with Gasteiger partial charge >= 0.3 is 0 Å². The SMILES string of the molecule is COc1ccc(CS(=O)(=O)[C@H]2CCCc3ccccc32)cc1C#N. The first-order valence-corrected chi connectivity index (χ1v) is 9.63. The van der Waals surface area contributed by atoms with E-state index in [1.54, 1.807) is 18.2 Å². The molecule has 0 aromatic heterocycles. The molecule has 1 atom stereocenters. The number of sulfone groups is 1. The molecule has 0 radical (unpaired) electrons. The Kier molecular flexibility index (Phi) is 4.59. The summed E-state index contributed by atoms with van der Waals surface area (Å²) in [5.41, 5.74) is 3.03. The van der Waals surface area contributed by atoms with Crippen molar-refractivity contribution in [1.82, 2.24) is 0 Å². The van der Waals surface area contributed by atoms with Crippen molar-refractivity contribution in [3.8, 4) is 11.8 Å². The third-order valence-corrected chi connectivity index (χ3v) is 6.59. The highest BCUT2D eigenvalue weighted by molar-refractivity contribution is 7.90. The number of nitrogens with zero attached hydrogens (tertiary/aromatic N) is 1. The van der Waals surface area contributed by atoms with Crippen molar-refractivity contribution in [2.45, 2.75) is 30.3 Å². The van der Waals surface area contributed by atoms with E-state index >= 15 is 0 Å². The summed E-state index contributed by atoms with van der Waals surface area (Å²) in [6, 6.07) is 14.8. The Hall–Kier alpha value is -2.32. The van der Waals surface area contributed by atoms with Crippen LogP contribution in [0.4, 0.5) is 0 Å². The Morgan fingerprint density at radius 2 is 2.04 bits per heavy atom. The molecule has 2 aromatic carbocycles. The second-order valence-corrected chi connectivity index (χ2v) is 8.22. The Balaban J connectivity index is 1.92. The summed E-state index contributed by atoms with van der Waals surface area (Å²) in [5.74, 6) is 0.395. The molecule has 0 N–H and O–H groups in total. The van der Waals surface area contributed by atoms with Gasteiger partial charge in [-0.15, -0.1) is 0 Å². The van der Waals surface area contributed by atoms with Crippen LogP contribution in [0.5, 0.6) is 5.75 Å². The lowest BCUT2D eigenvalue weighted by Crippen LogP contribution is -2.20. The van der Waals surface area contributed by atoms with E-state index in [4.69, 9.17) is 4.74 Å². The summed E-state index contributed by atoms with van der Waals surface area (Å²) in [6.45, 7) is 0. The van der Waals surface area contributed by atoms with Crippen LogP contribution in [0.2, 0.25) is 0 Å². The van der Waals surface area contributed by atoms with Crippen LogP contribution in [0.25, 0.3) is 0 Å². The van der Waals surface area contributed by atoms with E-state index < -0.39 is 15.1 Å². The molecule has 2 aromatic rings. The molecule has 0 bridgehead atoms. The lowest BCUT2D eigenvalue weighted by molar-refractivity contribution is 0.413. The number of benzene rings is 2. The zero-order valence-corrected chi connectivity index (χ0v) is 14.3. The molecule has 0 amide bonds. The molecular formula is C19H19NO3S. The molecule has 5 heteroatoms. The van der Waals surface area contributed by atoms with Crippen LogP contribution in [-0.2, 0) is 22.0 Å². The maximum atomic E-state index is 13.0. The van der Waals surface area contributed by atoms with E-state index in [9.17, 15) is 13.7 Å². The van der Waals surface area contributed by atoms with Gasteiger partial charge in [0.15, 0.2) is 9.84 Å². The molecule has 1 aliphatic rings. The van der Waals surface area contributed by atoms with Gasteiger partial charge < -0.3 is 4.74 Å². The first-order valence-electron chi connectivity index (χ1n) is 7.91. The van der Waals surface area contributed by atoms with Crippen molar-refractivity contribution in [3.05, 3.63) is 64.7 Å². The molecule has 124 valence electrons. The molecule has 0 heterocycles. The van der Waals surface area contributed by atoms with Crippen molar-refractivity contribution < 1.29 is 13.2 Å². The topological polar surface area (TPSA) is 67.2 Å². The van der Waals surface area contributed by atoms with Gasteiger partial charge in [0.25, 0.3) is 0 Å². The summed E-state index contributed by atoms with van der Waals surface area (Å²) in [5, 5.41) is 8.71. The normalized spacial score (nSPS) is 16.9. The third kappa shape index (κ3) is 3.15. The number of fused-ring (bicyclic) bond motifs is 1. The number of hydrogen-bond donors (Lipinski definition) is 0. The lowest BCUT2D eigenvalue weighted by Gasteiger charge is -2.25. The van der Waals surface area contributed by atoms with Gasteiger partial charge in [0.2, 0.25) is 0 Å². The molecule has 1 aliphatic carbocycles. The molecule has 3 rings (SSSR count). The number of nitriles is 1. The van der Waals surface area contributed by atoms with Crippen molar-refractivity contribution in [2.24, 2.45) is 0 Å². The summed E-state index contributed by atoms with van der Waals surface area (Å²) in [7, 11) is -1.85. The maximum absolute atomic E-state index is 13.0. The van der Waals surface area contributed by atoms with E-state index in [1.807, 2.05) is 30.3 Å². The van der Waals surface area contributed by atoms with Crippen LogP contribution in [0.15, 0.2) is 42.5 Å². The van der Waals surface area contributed by atoms with Crippen molar-refractivity contribution in [3.63, 3.8) is 0 Å². The minimum Gasteiger partial charge on any atom is -0.495 e. The minimum atomic E-state index is -3.34. The summed E-state index contributed by atoms with van der Waals surface area (Å²) in [4.78, 5) is 0. The minimum absolute atomic E-state index is 0.0648. The largest absolute Gasteiger partial charge is 0.495 e. The first-order chi connectivity index (χ1) is 11.5. The third-order valence-electron chi connectivity index (χ3n) is 4.50. The van der Waals surface area contributed by atoms with Crippen LogP contribution in [0.1, 0.15) is 40.3 Å². The van der Waals surface area contributed by atoms with Gasteiger partial charge in [-0.1, -0.05) is 30.3 Å². The number of aryl methyl sites for hydroxylation is 1. The van der Waals surface area contributed by atoms with Crippen LogP contribution in [0, 0.1) is 11.3 Å². The Morgan fingerprint density at radius 3 is 2.79 bits per heavy atom. The number of rotatable bonds is 4. The predicted molar refractivity (Wildman–Crippen MR) is 92.5 cm³/mol.